The first-order chi connectivity index (χ1) is 30.0. The lowest BCUT2D eigenvalue weighted by atomic mass is 9.92. The minimum absolute atomic E-state index is 0.0576. The molecule has 0 bridgehead atoms. The number of halogens is 2. The van der Waals surface area contributed by atoms with Crippen molar-refractivity contribution in [1.29, 1.82) is 10.5 Å². The highest BCUT2D eigenvalue weighted by molar-refractivity contribution is 6.32. The number of aryl methyl sites for hydroxylation is 2. The molecule has 4 aromatic carbocycles. The molecule has 0 saturated heterocycles. The summed E-state index contributed by atoms with van der Waals surface area (Å²) in [7, 11) is 0. The van der Waals surface area contributed by atoms with E-state index in [4.69, 9.17) is 47.3 Å². The second-order valence-corrected chi connectivity index (χ2v) is 15.4. The van der Waals surface area contributed by atoms with Crippen LogP contribution in [0.15, 0.2) is 97.6 Å². The third kappa shape index (κ3) is 11.4. The van der Waals surface area contributed by atoms with Crippen LogP contribution in [0.5, 0.6) is 23.0 Å². The van der Waals surface area contributed by atoms with Crippen molar-refractivity contribution in [2.24, 2.45) is 0 Å². The zero-order valence-electron chi connectivity index (χ0n) is 34.5. The molecule has 0 spiro atoms. The number of rotatable bonds is 19. The first-order valence-corrected chi connectivity index (χ1v) is 20.7. The number of aliphatic hydroxyl groups excluding tert-OH is 1. The summed E-state index contributed by atoms with van der Waals surface area (Å²) in [5.41, 5.74) is 10.0. The summed E-state index contributed by atoms with van der Waals surface area (Å²) in [6.45, 7) is 6.96. The van der Waals surface area contributed by atoms with Crippen LogP contribution in [0.4, 0.5) is 0 Å². The van der Waals surface area contributed by atoms with Crippen molar-refractivity contribution in [2.45, 2.75) is 79.0 Å². The van der Waals surface area contributed by atoms with Gasteiger partial charge in [-0.1, -0.05) is 66.5 Å². The largest absolute Gasteiger partial charge is 0.488 e. The molecule has 62 heavy (non-hydrogen) atoms. The normalized spacial score (nSPS) is 11.3. The molecule has 1 atom stereocenters. The Kier molecular flexibility index (Phi) is 15.4. The third-order valence-electron chi connectivity index (χ3n) is 10.4. The van der Waals surface area contributed by atoms with E-state index in [0.717, 1.165) is 44.5 Å². The van der Waals surface area contributed by atoms with Gasteiger partial charge in [-0.3, -0.25) is 9.97 Å². The molecule has 0 amide bonds. The van der Waals surface area contributed by atoms with Crippen molar-refractivity contribution in [3.05, 3.63) is 163 Å². The Morgan fingerprint density at radius 2 is 1.13 bits per heavy atom. The van der Waals surface area contributed by atoms with Crippen LogP contribution in [0, 0.1) is 36.5 Å². The van der Waals surface area contributed by atoms with Gasteiger partial charge in [-0.15, -0.1) is 0 Å². The Morgan fingerprint density at radius 1 is 0.661 bits per heavy atom. The Morgan fingerprint density at radius 3 is 1.60 bits per heavy atom. The number of nitrogens with zero attached hydrogens (tertiary/aromatic N) is 4. The molecule has 316 valence electrons. The molecule has 11 nitrogen and oxygen atoms in total. The zero-order valence-corrected chi connectivity index (χ0v) is 36.0. The van der Waals surface area contributed by atoms with Crippen LogP contribution in [0.25, 0.3) is 11.1 Å². The van der Waals surface area contributed by atoms with E-state index in [1.165, 1.54) is 12.4 Å². The Bertz CT molecular complexity index is 2660. The fourth-order valence-corrected chi connectivity index (χ4v) is 7.36. The van der Waals surface area contributed by atoms with E-state index in [1.807, 2.05) is 50.2 Å². The van der Waals surface area contributed by atoms with Gasteiger partial charge in [-0.25, -0.2) is 4.79 Å². The SMILES string of the molecule is CCc1cc(Cl)c(OCc2cccc(-c3cccc(COc4cc(OCc5cncc(C#N)c5)c(CCCC(O)C(=O)O)cc4Cl)c3C)c2C)cc1OCc1cncc(C#N)c1. The summed E-state index contributed by atoms with van der Waals surface area (Å²) < 4.78 is 25.0. The molecular formula is C49H44Cl2N4O7. The fourth-order valence-electron chi connectivity index (χ4n) is 6.87. The van der Waals surface area contributed by atoms with Crippen molar-refractivity contribution in [3.8, 4) is 46.3 Å². The lowest BCUT2D eigenvalue weighted by molar-refractivity contribution is -0.146. The molecule has 0 aliphatic rings. The number of benzene rings is 4. The molecule has 0 aliphatic carbocycles. The van der Waals surface area contributed by atoms with E-state index < -0.39 is 12.1 Å². The minimum Gasteiger partial charge on any atom is -0.488 e. The van der Waals surface area contributed by atoms with Gasteiger partial charge < -0.3 is 29.2 Å². The number of pyridine rings is 2. The smallest absolute Gasteiger partial charge is 0.332 e. The van der Waals surface area contributed by atoms with Crippen LogP contribution in [-0.4, -0.2) is 32.3 Å². The Labute approximate surface area is 370 Å². The van der Waals surface area contributed by atoms with E-state index in [0.29, 0.717) is 74.6 Å². The Hall–Kier alpha value is -6.63. The summed E-state index contributed by atoms with van der Waals surface area (Å²) in [5.74, 6) is 0.724. The maximum atomic E-state index is 11.2. The summed E-state index contributed by atoms with van der Waals surface area (Å²) in [6.07, 6.45) is 6.32. The van der Waals surface area contributed by atoms with Gasteiger partial charge in [-0.2, -0.15) is 10.5 Å². The van der Waals surface area contributed by atoms with E-state index in [9.17, 15) is 20.4 Å². The van der Waals surface area contributed by atoms with Crippen LogP contribution in [0.1, 0.15) is 75.4 Å². The van der Waals surface area contributed by atoms with Gasteiger partial charge in [0.2, 0.25) is 0 Å². The number of ether oxygens (including phenoxy) is 4. The van der Waals surface area contributed by atoms with Gasteiger partial charge in [0.05, 0.1) is 21.2 Å². The van der Waals surface area contributed by atoms with E-state index in [1.54, 1.807) is 36.7 Å². The van der Waals surface area contributed by atoms with Crippen molar-refractivity contribution in [2.75, 3.05) is 0 Å². The summed E-state index contributed by atoms with van der Waals surface area (Å²) in [4.78, 5) is 19.4. The molecule has 2 aromatic heterocycles. The Balaban J connectivity index is 1.18. The molecule has 6 rings (SSSR count). The number of nitriles is 2. The second-order valence-electron chi connectivity index (χ2n) is 14.6. The lowest BCUT2D eigenvalue weighted by Gasteiger charge is -2.19. The number of carbonyl (C=O) groups is 1. The molecule has 2 N–H and O–H groups in total. The highest BCUT2D eigenvalue weighted by atomic mass is 35.5. The number of aromatic nitrogens is 2. The van der Waals surface area contributed by atoms with Gasteiger partial charge in [-0.05, 0) is 108 Å². The van der Waals surface area contributed by atoms with E-state index in [-0.39, 0.29) is 32.8 Å². The van der Waals surface area contributed by atoms with Gasteiger partial charge in [0.15, 0.2) is 6.10 Å². The first-order valence-electron chi connectivity index (χ1n) is 19.9. The van der Waals surface area contributed by atoms with Gasteiger partial charge in [0.25, 0.3) is 0 Å². The maximum Gasteiger partial charge on any atom is 0.332 e. The minimum atomic E-state index is -1.47. The van der Waals surface area contributed by atoms with E-state index in [2.05, 4.69) is 41.2 Å². The molecule has 0 fully saturated rings. The molecule has 0 aliphatic heterocycles. The van der Waals surface area contributed by atoms with Crippen LogP contribution in [0.3, 0.4) is 0 Å². The number of hydrogen-bond acceptors (Lipinski definition) is 10. The molecule has 0 radical (unpaired) electrons. The second kappa shape index (κ2) is 21.2. The van der Waals surface area contributed by atoms with Crippen LogP contribution >= 0.6 is 23.2 Å². The summed E-state index contributed by atoms with van der Waals surface area (Å²) in [5, 5.41) is 38.3. The molecule has 0 saturated carbocycles. The molecule has 6 aromatic rings. The van der Waals surface area contributed by atoms with Crippen LogP contribution < -0.4 is 18.9 Å². The number of carboxylic acid groups (broad SMARTS) is 1. The topological polar surface area (TPSA) is 168 Å². The predicted molar refractivity (Wildman–Crippen MR) is 235 cm³/mol. The van der Waals surface area contributed by atoms with Crippen molar-refractivity contribution in [1.82, 2.24) is 9.97 Å². The van der Waals surface area contributed by atoms with E-state index >= 15 is 0 Å². The first kappa shape index (κ1) is 44.9. The zero-order chi connectivity index (χ0) is 44.2. The van der Waals surface area contributed by atoms with Gasteiger partial charge in [0.1, 0.15) is 61.6 Å². The predicted octanol–water partition coefficient (Wildman–Crippen LogP) is 10.5. The monoisotopic (exact) mass is 870 g/mol. The fraction of sp³-hybridized carbons (Fsp3) is 0.245. The standard InChI is InChI=1S/C49H44Cl2N4O7/c1-4-36-16-42(50)47(18-45(36)59-26-34-14-32(20-52)22-54-24-34)61-28-38-9-5-11-40(30(38)2)41-12-6-10-39(31(41)3)29-62-48-19-46(60-27-35-15-33(21-53)23-55-25-35)37(17-43(48)51)8-7-13-44(56)49(57)58/h5-6,9-12,14-19,22-25,44,56H,4,7-8,13,26-29H2,1-3H3,(H,57,58). The number of hydrogen-bond donors (Lipinski definition) is 2. The number of aliphatic hydroxyl groups is 1. The quantitative estimate of drug-likeness (QED) is 0.0795. The third-order valence-corrected chi connectivity index (χ3v) is 11.0. The highest BCUT2D eigenvalue weighted by Crippen LogP contribution is 2.38. The van der Waals surface area contributed by atoms with Crippen molar-refractivity contribution in [3.63, 3.8) is 0 Å². The summed E-state index contributed by atoms with van der Waals surface area (Å²) in [6, 6.07) is 26.9. The van der Waals surface area contributed by atoms with Gasteiger partial charge in [0, 0.05) is 48.0 Å². The lowest BCUT2D eigenvalue weighted by Crippen LogP contribution is -2.19. The van der Waals surface area contributed by atoms with Crippen LogP contribution in [0.2, 0.25) is 10.0 Å². The molecule has 1 unspecified atom stereocenters. The highest BCUT2D eigenvalue weighted by Gasteiger charge is 2.18. The number of aliphatic carboxylic acids is 1. The molecule has 2 heterocycles. The molecule has 13 heteroatoms. The molecular weight excluding hydrogens is 827 g/mol. The van der Waals surface area contributed by atoms with Crippen molar-refractivity contribution < 1.29 is 34.0 Å². The average molecular weight is 872 g/mol. The van der Waals surface area contributed by atoms with Gasteiger partial charge >= 0.3 is 5.97 Å². The van der Waals surface area contributed by atoms with Crippen LogP contribution in [-0.2, 0) is 44.1 Å². The maximum absolute atomic E-state index is 11.2. The number of carboxylic acids is 1. The average Bonchev–Trinajstić information content (AvgIpc) is 3.28. The van der Waals surface area contributed by atoms with Crippen molar-refractivity contribution >= 4 is 29.2 Å². The summed E-state index contributed by atoms with van der Waals surface area (Å²) >= 11 is 13.5.